The summed E-state index contributed by atoms with van der Waals surface area (Å²) < 4.78 is 37.1. The molecular formula is C6H4F3IN2. The molecule has 0 fully saturated rings. The molecule has 0 aliphatic carbocycles. The summed E-state index contributed by atoms with van der Waals surface area (Å²) >= 11 is 1.70. The third-order valence-electron chi connectivity index (χ3n) is 1.22. The van der Waals surface area contributed by atoms with Crippen molar-refractivity contribution in [3.8, 4) is 0 Å². The molecule has 0 saturated heterocycles. The minimum absolute atomic E-state index is 0.256. The number of hydrogen-bond acceptors (Lipinski definition) is 2. The van der Waals surface area contributed by atoms with Crippen molar-refractivity contribution in [2.45, 2.75) is 6.43 Å². The van der Waals surface area contributed by atoms with Crippen molar-refractivity contribution in [2.75, 3.05) is 5.73 Å². The molecule has 12 heavy (non-hydrogen) atoms. The lowest BCUT2D eigenvalue weighted by Crippen LogP contribution is -2.03. The van der Waals surface area contributed by atoms with Gasteiger partial charge in [0.05, 0.1) is 5.56 Å². The largest absolute Gasteiger partial charge is 0.383 e. The molecule has 0 spiro atoms. The third kappa shape index (κ3) is 1.79. The number of halogens is 4. The summed E-state index contributed by atoms with van der Waals surface area (Å²) in [6, 6.07) is 0.915. The monoisotopic (exact) mass is 288 g/mol. The highest BCUT2D eigenvalue weighted by Gasteiger charge is 2.18. The molecule has 0 radical (unpaired) electrons. The fraction of sp³-hybridized carbons (Fsp3) is 0.167. The zero-order valence-electron chi connectivity index (χ0n) is 5.69. The zero-order chi connectivity index (χ0) is 9.30. The van der Waals surface area contributed by atoms with E-state index in [1.54, 1.807) is 22.6 Å². The first kappa shape index (κ1) is 9.56. The summed E-state index contributed by atoms with van der Waals surface area (Å²) in [5.41, 5.74) is 4.26. The smallest absolute Gasteiger partial charge is 0.270 e. The van der Waals surface area contributed by atoms with Gasteiger partial charge in [0.2, 0.25) is 0 Å². The highest BCUT2D eigenvalue weighted by atomic mass is 127. The van der Waals surface area contributed by atoms with Crippen LogP contribution in [0.2, 0.25) is 0 Å². The second-order valence-electron chi connectivity index (χ2n) is 2.03. The van der Waals surface area contributed by atoms with Crippen LogP contribution in [-0.4, -0.2) is 4.98 Å². The van der Waals surface area contributed by atoms with Crippen molar-refractivity contribution in [1.29, 1.82) is 0 Å². The van der Waals surface area contributed by atoms with Crippen LogP contribution in [-0.2, 0) is 0 Å². The predicted octanol–water partition coefficient (Wildman–Crippen LogP) is 2.35. The highest BCUT2D eigenvalue weighted by molar-refractivity contribution is 14.1. The molecule has 2 nitrogen and oxygen atoms in total. The van der Waals surface area contributed by atoms with Crippen molar-refractivity contribution in [3.63, 3.8) is 0 Å². The molecule has 1 aromatic heterocycles. The lowest BCUT2D eigenvalue weighted by Gasteiger charge is -2.04. The van der Waals surface area contributed by atoms with Gasteiger partial charge >= 0.3 is 0 Å². The maximum Gasteiger partial charge on any atom is 0.270 e. The molecule has 1 aromatic rings. The number of aromatic nitrogens is 1. The van der Waals surface area contributed by atoms with E-state index in [1.165, 1.54) is 0 Å². The van der Waals surface area contributed by atoms with Crippen LogP contribution in [0.3, 0.4) is 0 Å². The molecule has 0 bridgehead atoms. The molecule has 2 N–H and O–H groups in total. The van der Waals surface area contributed by atoms with E-state index in [1.807, 2.05) is 0 Å². The number of nitrogens with zero attached hydrogens (tertiary/aromatic N) is 1. The first-order chi connectivity index (χ1) is 5.52. The van der Waals surface area contributed by atoms with Crippen LogP contribution < -0.4 is 5.73 Å². The van der Waals surface area contributed by atoms with Crippen molar-refractivity contribution < 1.29 is 13.2 Å². The maximum atomic E-state index is 12.8. The average molecular weight is 288 g/mol. The number of nitrogen functional groups attached to an aromatic ring is 1. The van der Waals surface area contributed by atoms with Gasteiger partial charge in [-0.25, -0.2) is 18.2 Å². The summed E-state index contributed by atoms with van der Waals surface area (Å²) in [4.78, 5) is 3.50. The molecule has 1 heterocycles. The minimum atomic E-state index is -2.92. The van der Waals surface area contributed by atoms with E-state index < -0.39 is 23.6 Å². The van der Waals surface area contributed by atoms with Gasteiger partial charge in [-0.1, -0.05) is 0 Å². The molecule has 0 amide bonds. The Kier molecular flexibility index (Phi) is 2.76. The Bertz CT molecular complexity index is 280. The topological polar surface area (TPSA) is 38.9 Å². The summed E-state index contributed by atoms with van der Waals surface area (Å²) in [6.45, 7) is 0. The van der Waals surface area contributed by atoms with E-state index >= 15 is 0 Å². The first-order valence-corrected chi connectivity index (χ1v) is 4.00. The minimum Gasteiger partial charge on any atom is -0.383 e. The zero-order valence-corrected chi connectivity index (χ0v) is 7.85. The standard InChI is InChI=1S/C6H4F3IN2/c7-2-1-3(10)12-6(11)4(2)5(8)9/h1,5H,(H2,11,12). The van der Waals surface area contributed by atoms with Gasteiger partial charge in [0, 0.05) is 6.07 Å². The molecule has 0 unspecified atom stereocenters. The number of hydrogen-bond donors (Lipinski definition) is 1. The Hall–Kier alpha value is -0.530. The number of nitrogens with two attached hydrogens (primary N) is 1. The van der Waals surface area contributed by atoms with Crippen molar-refractivity contribution in [2.24, 2.45) is 0 Å². The van der Waals surface area contributed by atoms with Crippen molar-refractivity contribution in [1.82, 2.24) is 4.98 Å². The molecule has 0 atom stereocenters. The van der Waals surface area contributed by atoms with Crippen molar-refractivity contribution >= 4 is 28.4 Å². The Morgan fingerprint density at radius 1 is 1.50 bits per heavy atom. The quantitative estimate of drug-likeness (QED) is 0.636. The second-order valence-corrected chi connectivity index (χ2v) is 3.13. The number of alkyl halides is 2. The average Bonchev–Trinajstić information content (AvgIpc) is 1.82. The summed E-state index contributed by atoms with van der Waals surface area (Å²) in [5.74, 6) is -1.46. The van der Waals surface area contributed by atoms with Gasteiger partial charge in [-0.05, 0) is 22.6 Å². The molecule has 1 rings (SSSR count). The lowest BCUT2D eigenvalue weighted by atomic mass is 10.2. The molecular weight excluding hydrogens is 284 g/mol. The molecule has 0 aliphatic rings. The summed E-state index contributed by atoms with van der Waals surface area (Å²) in [5, 5.41) is 0. The molecule has 6 heteroatoms. The fourth-order valence-corrected chi connectivity index (χ4v) is 1.26. The van der Waals surface area contributed by atoms with Crippen LogP contribution >= 0.6 is 22.6 Å². The SMILES string of the molecule is Nc1nc(I)cc(F)c1C(F)F. The second kappa shape index (κ2) is 3.46. The first-order valence-electron chi connectivity index (χ1n) is 2.92. The fourth-order valence-electron chi connectivity index (χ4n) is 0.728. The molecule has 0 aromatic carbocycles. The van der Waals surface area contributed by atoms with E-state index in [0.717, 1.165) is 6.07 Å². The van der Waals surface area contributed by atoms with E-state index in [9.17, 15) is 13.2 Å². The Labute approximate surface area is 80.1 Å². The Balaban J connectivity index is 3.28. The van der Waals surface area contributed by atoms with E-state index in [4.69, 9.17) is 5.73 Å². The lowest BCUT2D eigenvalue weighted by molar-refractivity contribution is 0.147. The molecule has 66 valence electrons. The molecule has 0 aliphatic heterocycles. The highest BCUT2D eigenvalue weighted by Crippen LogP contribution is 2.27. The maximum absolute atomic E-state index is 12.8. The predicted molar refractivity (Wildman–Crippen MR) is 46.3 cm³/mol. The Morgan fingerprint density at radius 3 is 2.50 bits per heavy atom. The number of anilines is 1. The molecule has 0 saturated carbocycles. The van der Waals surface area contributed by atoms with Gasteiger partial charge in [0.1, 0.15) is 15.3 Å². The van der Waals surface area contributed by atoms with Gasteiger partial charge in [0.25, 0.3) is 6.43 Å². The van der Waals surface area contributed by atoms with Gasteiger partial charge < -0.3 is 5.73 Å². The Morgan fingerprint density at radius 2 is 2.08 bits per heavy atom. The van der Waals surface area contributed by atoms with Gasteiger partial charge in [0.15, 0.2) is 0 Å². The number of pyridine rings is 1. The third-order valence-corrected chi connectivity index (χ3v) is 1.78. The van der Waals surface area contributed by atoms with E-state index in [0.29, 0.717) is 0 Å². The van der Waals surface area contributed by atoms with Crippen LogP contribution in [0.15, 0.2) is 6.07 Å². The normalized spacial score (nSPS) is 10.8. The van der Waals surface area contributed by atoms with Gasteiger partial charge in [-0.15, -0.1) is 0 Å². The summed E-state index contributed by atoms with van der Waals surface area (Å²) in [7, 11) is 0. The van der Waals surface area contributed by atoms with Crippen LogP contribution in [0, 0.1) is 9.52 Å². The van der Waals surface area contributed by atoms with E-state index in [2.05, 4.69) is 4.98 Å². The van der Waals surface area contributed by atoms with Crippen LogP contribution in [0.5, 0.6) is 0 Å². The summed E-state index contributed by atoms with van der Waals surface area (Å²) in [6.07, 6.45) is -2.92. The number of rotatable bonds is 1. The van der Waals surface area contributed by atoms with E-state index in [-0.39, 0.29) is 3.70 Å². The van der Waals surface area contributed by atoms with Crippen molar-refractivity contribution in [3.05, 3.63) is 21.1 Å². The van der Waals surface area contributed by atoms with Gasteiger partial charge in [-0.2, -0.15) is 0 Å². The van der Waals surface area contributed by atoms with Crippen LogP contribution in [0.4, 0.5) is 19.0 Å². The van der Waals surface area contributed by atoms with Gasteiger partial charge in [-0.3, -0.25) is 0 Å². The van der Waals surface area contributed by atoms with Crippen LogP contribution in [0.1, 0.15) is 12.0 Å². The van der Waals surface area contributed by atoms with Crippen LogP contribution in [0.25, 0.3) is 0 Å².